The number of carbonyl (C=O) groups excluding carboxylic acids is 1. The molecule has 0 aliphatic heterocycles. The second-order valence-corrected chi connectivity index (χ2v) is 6.05. The van der Waals surface area contributed by atoms with Crippen LogP contribution < -0.4 is 4.74 Å². The first-order valence-electron chi connectivity index (χ1n) is 9.25. The summed E-state index contributed by atoms with van der Waals surface area (Å²) >= 11 is 0. The van der Waals surface area contributed by atoms with E-state index in [1.54, 1.807) is 13.0 Å². The number of unbranched alkanes of at least 4 members (excludes halogenated alkanes) is 4. The Kier molecular flexibility index (Phi) is 8.03. The largest absolute Gasteiger partial charge is 0.493 e. The van der Waals surface area contributed by atoms with Crippen LogP contribution in [-0.2, 0) is 9.53 Å². The number of benzene rings is 2. The number of rotatable bonds is 10. The number of esters is 1. The fourth-order valence-electron chi connectivity index (χ4n) is 2.80. The van der Waals surface area contributed by atoms with E-state index in [2.05, 4.69) is 13.0 Å². The van der Waals surface area contributed by atoms with E-state index in [1.807, 2.05) is 30.3 Å². The fraction of sp³-hybridized carbons (Fsp3) is 0.409. The minimum Gasteiger partial charge on any atom is -0.493 e. The van der Waals surface area contributed by atoms with Crippen LogP contribution in [0.25, 0.3) is 16.8 Å². The van der Waals surface area contributed by atoms with Gasteiger partial charge in [-0.1, -0.05) is 62.9 Å². The molecule has 0 bridgehead atoms. The lowest BCUT2D eigenvalue weighted by Gasteiger charge is -2.11. The van der Waals surface area contributed by atoms with Crippen LogP contribution in [0.4, 0.5) is 0 Å². The molecular formula is C22H28O3. The maximum atomic E-state index is 11.5. The van der Waals surface area contributed by atoms with E-state index in [0.717, 1.165) is 35.1 Å². The van der Waals surface area contributed by atoms with Crippen LogP contribution in [0.5, 0.6) is 5.75 Å². The summed E-state index contributed by atoms with van der Waals surface area (Å²) in [6.45, 7) is 5.15. The van der Waals surface area contributed by atoms with Gasteiger partial charge in [0.1, 0.15) is 5.75 Å². The molecule has 0 saturated carbocycles. The van der Waals surface area contributed by atoms with Crippen molar-refractivity contribution in [3.05, 3.63) is 48.0 Å². The van der Waals surface area contributed by atoms with Crippen LogP contribution >= 0.6 is 0 Å². The van der Waals surface area contributed by atoms with Crippen molar-refractivity contribution in [1.82, 2.24) is 0 Å². The van der Waals surface area contributed by atoms with Gasteiger partial charge in [0, 0.05) is 11.5 Å². The Labute approximate surface area is 150 Å². The molecule has 0 atom stereocenters. The molecule has 2 aromatic carbocycles. The number of carbonyl (C=O) groups is 1. The van der Waals surface area contributed by atoms with Gasteiger partial charge in [-0.25, -0.2) is 4.79 Å². The van der Waals surface area contributed by atoms with Gasteiger partial charge in [0.2, 0.25) is 0 Å². The van der Waals surface area contributed by atoms with Crippen LogP contribution in [0, 0.1) is 0 Å². The van der Waals surface area contributed by atoms with Gasteiger partial charge in [0.05, 0.1) is 13.2 Å². The highest BCUT2D eigenvalue weighted by Gasteiger charge is 2.06. The summed E-state index contributed by atoms with van der Waals surface area (Å²) < 4.78 is 10.9. The predicted octanol–water partition coefficient (Wildman–Crippen LogP) is 5.77. The highest BCUT2D eigenvalue weighted by molar-refractivity contribution is 5.97. The standard InChI is InChI=1S/C22H28O3/c1-3-5-6-7-10-17-25-21-15-13-18(14-16-22(23)24-4-2)19-11-8-9-12-20(19)21/h8-9,11-16H,3-7,10,17H2,1-2H3/b16-14+. The zero-order valence-electron chi connectivity index (χ0n) is 15.3. The Morgan fingerprint density at radius 3 is 2.48 bits per heavy atom. The third kappa shape index (κ3) is 5.93. The minimum atomic E-state index is -0.320. The first-order valence-corrected chi connectivity index (χ1v) is 9.25. The molecule has 0 aliphatic rings. The van der Waals surface area contributed by atoms with Gasteiger partial charge >= 0.3 is 5.97 Å². The summed E-state index contributed by atoms with van der Waals surface area (Å²) in [5.74, 6) is 0.582. The summed E-state index contributed by atoms with van der Waals surface area (Å²) in [6.07, 6.45) is 9.40. The second kappa shape index (κ2) is 10.5. The maximum Gasteiger partial charge on any atom is 0.330 e. The molecule has 2 rings (SSSR count). The van der Waals surface area contributed by atoms with Crippen molar-refractivity contribution in [3.63, 3.8) is 0 Å². The third-order valence-electron chi connectivity index (χ3n) is 4.11. The van der Waals surface area contributed by atoms with Gasteiger partial charge in [-0.2, -0.15) is 0 Å². The molecule has 2 aromatic rings. The average Bonchev–Trinajstić information content (AvgIpc) is 2.63. The van der Waals surface area contributed by atoms with Crippen molar-refractivity contribution >= 4 is 22.8 Å². The number of fused-ring (bicyclic) bond motifs is 1. The molecule has 0 saturated heterocycles. The molecule has 0 spiro atoms. The topological polar surface area (TPSA) is 35.5 Å². The van der Waals surface area contributed by atoms with Crippen molar-refractivity contribution in [2.75, 3.05) is 13.2 Å². The maximum absolute atomic E-state index is 11.5. The third-order valence-corrected chi connectivity index (χ3v) is 4.11. The molecule has 3 nitrogen and oxygen atoms in total. The van der Waals surface area contributed by atoms with Gasteiger partial charge < -0.3 is 9.47 Å². The Morgan fingerprint density at radius 1 is 0.960 bits per heavy atom. The zero-order chi connectivity index (χ0) is 17.9. The predicted molar refractivity (Wildman–Crippen MR) is 104 cm³/mol. The summed E-state index contributed by atoms with van der Waals surface area (Å²) in [5.41, 5.74) is 0.985. The first kappa shape index (κ1) is 19.0. The van der Waals surface area contributed by atoms with Crippen LogP contribution in [0.2, 0.25) is 0 Å². The first-order chi connectivity index (χ1) is 12.3. The molecular weight excluding hydrogens is 312 g/mol. The molecule has 0 radical (unpaired) electrons. The molecule has 134 valence electrons. The lowest BCUT2D eigenvalue weighted by atomic mass is 10.0. The lowest BCUT2D eigenvalue weighted by molar-refractivity contribution is -0.137. The Bertz CT molecular complexity index is 703. The van der Waals surface area contributed by atoms with E-state index in [0.29, 0.717) is 6.61 Å². The quantitative estimate of drug-likeness (QED) is 0.313. The molecule has 0 amide bonds. The zero-order valence-corrected chi connectivity index (χ0v) is 15.3. The van der Waals surface area contributed by atoms with Gasteiger partial charge in [-0.15, -0.1) is 0 Å². The van der Waals surface area contributed by atoms with Crippen LogP contribution in [0.15, 0.2) is 42.5 Å². The Balaban J connectivity index is 2.08. The molecule has 0 unspecified atom stereocenters. The van der Waals surface area contributed by atoms with Gasteiger partial charge in [0.15, 0.2) is 0 Å². The highest BCUT2D eigenvalue weighted by atomic mass is 16.5. The minimum absolute atomic E-state index is 0.320. The number of hydrogen-bond donors (Lipinski definition) is 0. The van der Waals surface area contributed by atoms with Crippen molar-refractivity contribution in [3.8, 4) is 5.75 Å². The van der Waals surface area contributed by atoms with Crippen molar-refractivity contribution in [2.45, 2.75) is 46.0 Å². The molecule has 0 heterocycles. The summed E-state index contributed by atoms with van der Waals surface area (Å²) in [5, 5.41) is 2.15. The normalized spacial score (nSPS) is 11.1. The summed E-state index contributed by atoms with van der Waals surface area (Å²) in [7, 11) is 0. The monoisotopic (exact) mass is 340 g/mol. The molecule has 0 N–H and O–H groups in total. The van der Waals surface area contributed by atoms with E-state index in [9.17, 15) is 4.79 Å². The van der Waals surface area contributed by atoms with Gasteiger partial charge in [-0.05, 0) is 36.4 Å². The van der Waals surface area contributed by atoms with E-state index in [1.165, 1.54) is 31.8 Å². The molecule has 25 heavy (non-hydrogen) atoms. The van der Waals surface area contributed by atoms with E-state index in [4.69, 9.17) is 9.47 Å². The Morgan fingerprint density at radius 2 is 1.72 bits per heavy atom. The summed E-state index contributed by atoms with van der Waals surface area (Å²) in [6, 6.07) is 12.1. The average molecular weight is 340 g/mol. The van der Waals surface area contributed by atoms with Crippen molar-refractivity contribution in [2.24, 2.45) is 0 Å². The smallest absolute Gasteiger partial charge is 0.330 e. The van der Waals surface area contributed by atoms with E-state index >= 15 is 0 Å². The number of hydrogen-bond acceptors (Lipinski definition) is 3. The van der Waals surface area contributed by atoms with Crippen LogP contribution in [-0.4, -0.2) is 19.2 Å². The molecule has 0 aromatic heterocycles. The van der Waals surface area contributed by atoms with Crippen molar-refractivity contribution in [1.29, 1.82) is 0 Å². The van der Waals surface area contributed by atoms with Gasteiger partial charge in [-0.3, -0.25) is 0 Å². The van der Waals surface area contributed by atoms with Gasteiger partial charge in [0.25, 0.3) is 0 Å². The Hall–Kier alpha value is -2.29. The van der Waals surface area contributed by atoms with Crippen LogP contribution in [0.1, 0.15) is 51.5 Å². The fourth-order valence-corrected chi connectivity index (χ4v) is 2.80. The SMILES string of the molecule is CCCCCCCOc1ccc(/C=C/C(=O)OCC)c2ccccc12. The summed E-state index contributed by atoms with van der Waals surface area (Å²) in [4.78, 5) is 11.5. The van der Waals surface area contributed by atoms with Crippen LogP contribution in [0.3, 0.4) is 0 Å². The van der Waals surface area contributed by atoms with Crippen molar-refractivity contribution < 1.29 is 14.3 Å². The second-order valence-electron chi connectivity index (χ2n) is 6.05. The highest BCUT2D eigenvalue weighted by Crippen LogP contribution is 2.29. The molecule has 0 aliphatic carbocycles. The van der Waals surface area contributed by atoms with E-state index < -0.39 is 0 Å². The lowest BCUT2D eigenvalue weighted by Crippen LogP contribution is -1.99. The van der Waals surface area contributed by atoms with E-state index in [-0.39, 0.29) is 5.97 Å². The molecule has 0 fully saturated rings. The number of ether oxygens (including phenoxy) is 2. The molecule has 3 heteroatoms.